The van der Waals surface area contributed by atoms with Gasteiger partial charge < -0.3 is 9.84 Å². The zero-order chi connectivity index (χ0) is 10.1. The average Bonchev–Trinajstić information content (AvgIpc) is 2.12. The van der Waals surface area contributed by atoms with Crippen molar-refractivity contribution in [1.82, 2.24) is 0 Å². The summed E-state index contributed by atoms with van der Waals surface area (Å²) in [6, 6.07) is 0. The minimum absolute atomic E-state index is 0.0327. The molecule has 0 bridgehead atoms. The first-order valence-corrected chi connectivity index (χ1v) is 5.01. The highest BCUT2D eigenvalue weighted by Crippen LogP contribution is 2.04. The summed E-state index contributed by atoms with van der Waals surface area (Å²) >= 11 is 0. The van der Waals surface area contributed by atoms with Crippen molar-refractivity contribution in [2.45, 2.75) is 52.1 Å². The van der Waals surface area contributed by atoms with Gasteiger partial charge in [0.25, 0.3) is 0 Å². The van der Waals surface area contributed by atoms with E-state index in [0.29, 0.717) is 6.42 Å². The van der Waals surface area contributed by atoms with Gasteiger partial charge in [0, 0.05) is 13.0 Å². The van der Waals surface area contributed by atoms with Crippen molar-refractivity contribution in [2.24, 2.45) is 0 Å². The molecule has 0 aliphatic carbocycles. The highest BCUT2D eigenvalue weighted by Gasteiger charge is 2.06. The highest BCUT2D eigenvalue weighted by molar-refractivity contribution is 5.69. The zero-order valence-electron chi connectivity index (χ0n) is 8.58. The Balaban J connectivity index is 3.30. The molecule has 0 heterocycles. The molecule has 0 spiro atoms. The van der Waals surface area contributed by atoms with E-state index < -0.39 is 0 Å². The molecule has 1 atom stereocenters. The van der Waals surface area contributed by atoms with Crippen LogP contribution in [0.2, 0.25) is 0 Å². The lowest BCUT2D eigenvalue weighted by Gasteiger charge is -2.10. The lowest BCUT2D eigenvalue weighted by molar-refractivity contribution is -0.148. The molecule has 1 N–H and O–H groups in total. The molecule has 0 fully saturated rings. The van der Waals surface area contributed by atoms with Gasteiger partial charge in [-0.15, -0.1) is 0 Å². The standard InChI is InChI=1S/C10H20O3/c1-3-9(2)13-10(12)7-5-4-6-8-11/h9,11H,3-8H2,1-2H3. The van der Waals surface area contributed by atoms with Crippen LogP contribution in [0.15, 0.2) is 0 Å². The normalized spacial score (nSPS) is 12.5. The molecular weight excluding hydrogens is 168 g/mol. The van der Waals surface area contributed by atoms with Gasteiger partial charge in [-0.3, -0.25) is 4.79 Å². The molecule has 0 aliphatic rings. The van der Waals surface area contributed by atoms with E-state index in [2.05, 4.69) is 0 Å². The molecule has 1 unspecified atom stereocenters. The van der Waals surface area contributed by atoms with Crippen molar-refractivity contribution in [2.75, 3.05) is 6.61 Å². The fourth-order valence-corrected chi connectivity index (χ4v) is 0.925. The SMILES string of the molecule is CCC(C)OC(=O)CCCCCO. The number of ether oxygens (including phenoxy) is 1. The minimum Gasteiger partial charge on any atom is -0.463 e. The maximum Gasteiger partial charge on any atom is 0.306 e. The molecule has 78 valence electrons. The van der Waals surface area contributed by atoms with Gasteiger partial charge >= 0.3 is 5.97 Å². The summed E-state index contributed by atoms with van der Waals surface area (Å²) in [5, 5.41) is 8.50. The fourth-order valence-electron chi connectivity index (χ4n) is 0.925. The Morgan fingerprint density at radius 1 is 1.38 bits per heavy atom. The Bertz CT molecular complexity index is 134. The van der Waals surface area contributed by atoms with Crippen LogP contribution in [0, 0.1) is 0 Å². The molecular formula is C10H20O3. The maximum absolute atomic E-state index is 11.1. The van der Waals surface area contributed by atoms with Crippen molar-refractivity contribution in [1.29, 1.82) is 0 Å². The molecule has 0 aromatic rings. The van der Waals surface area contributed by atoms with Crippen molar-refractivity contribution < 1.29 is 14.6 Å². The van der Waals surface area contributed by atoms with Gasteiger partial charge in [-0.2, -0.15) is 0 Å². The Hall–Kier alpha value is -0.570. The molecule has 3 heteroatoms. The summed E-state index contributed by atoms with van der Waals surface area (Å²) in [7, 11) is 0. The zero-order valence-corrected chi connectivity index (χ0v) is 8.58. The third-order valence-corrected chi connectivity index (χ3v) is 1.95. The van der Waals surface area contributed by atoms with Crippen LogP contribution in [0.3, 0.4) is 0 Å². The number of esters is 1. The molecule has 0 amide bonds. The number of hydrogen-bond acceptors (Lipinski definition) is 3. The first kappa shape index (κ1) is 12.4. The number of carbonyl (C=O) groups is 1. The highest BCUT2D eigenvalue weighted by atomic mass is 16.5. The lowest BCUT2D eigenvalue weighted by atomic mass is 10.2. The Labute approximate surface area is 80.1 Å². The predicted molar refractivity (Wildman–Crippen MR) is 51.4 cm³/mol. The summed E-state index contributed by atoms with van der Waals surface area (Å²) in [6.45, 7) is 4.09. The summed E-state index contributed by atoms with van der Waals surface area (Å²) in [5.41, 5.74) is 0. The first-order valence-electron chi connectivity index (χ1n) is 5.01. The van der Waals surface area contributed by atoms with E-state index >= 15 is 0 Å². The molecule has 3 nitrogen and oxygen atoms in total. The number of rotatable bonds is 7. The van der Waals surface area contributed by atoms with E-state index in [9.17, 15) is 4.79 Å². The number of hydrogen-bond donors (Lipinski definition) is 1. The van der Waals surface area contributed by atoms with Crippen LogP contribution in [0.5, 0.6) is 0 Å². The largest absolute Gasteiger partial charge is 0.463 e. The summed E-state index contributed by atoms with van der Waals surface area (Å²) in [5.74, 6) is -0.118. The Morgan fingerprint density at radius 2 is 2.08 bits per heavy atom. The van der Waals surface area contributed by atoms with E-state index in [1.54, 1.807) is 0 Å². The van der Waals surface area contributed by atoms with Crippen LogP contribution in [0.1, 0.15) is 46.0 Å². The van der Waals surface area contributed by atoms with E-state index in [1.165, 1.54) is 0 Å². The van der Waals surface area contributed by atoms with Crippen molar-refractivity contribution in [3.05, 3.63) is 0 Å². The minimum atomic E-state index is -0.118. The van der Waals surface area contributed by atoms with Crippen molar-refractivity contribution in [3.8, 4) is 0 Å². The smallest absolute Gasteiger partial charge is 0.306 e. The maximum atomic E-state index is 11.1. The summed E-state index contributed by atoms with van der Waals surface area (Å²) in [6.07, 6.45) is 3.86. The second-order valence-electron chi connectivity index (χ2n) is 3.24. The summed E-state index contributed by atoms with van der Waals surface area (Å²) in [4.78, 5) is 11.1. The second-order valence-corrected chi connectivity index (χ2v) is 3.24. The molecule has 0 radical (unpaired) electrons. The first-order chi connectivity index (χ1) is 6.20. The number of aliphatic hydroxyl groups is 1. The van der Waals surface area contributed by atoms with Gasteiger partial charge in [0.2, 0.25) is 0 Å². The number of unbranched alkanes of at least 4 members (excludes halogenated alkanes) is 2. The van der Waals surface area contributed by atoms with Crippen LogP contribution in [-0.2, 0) is 9.53 Å². The van der Waals surface area contributed by atoms with Crippen molar-refractivity contribution >= 4 is 5.97 Å². The quantitative estimate of drug-likeness (QED) is 0.490. The van der Waals surface area contributed by atoms with E-state index in [4.69, 9.17) is 9.84 Å². The molecule has 0 aromatic carbocycles. The Kier molecular flexibility index (Phi) is 7.69. The number of aliphatic hydroxyl groups excluding tert-OH is 1. The Morgan fingerprint density at radius 3 is 2.62 bits per heavy atom. The van der Waals surface area contributed by atoms with Gasteiger partial charge in [-0.1, -0.05) is 13.3 Å². The van der Waals surface area contributed by atoms with Gasteiger partial charge in [0.05, 0.1) is 6.10 Å². The second kappa shape index (κ2) is 8.05. The van der Waals surface area contributed by atoms with Crippen LogP contribution in [0.25, 0.3) is 0 Å². The molecule has 0 saturated carbocycles. The third kappa shape index (κ3) is 7.78. The molecule has 0 saturated heterocycles. The molecule has 0 aromatic heterocycles. The van der Waals surface area contributed by atoms with Gasteiger partial charge in [0.1, 0.15) is 0 Å². The van der Waals surface area contributed by atoms with Crippen LogP contribution in [0.4, 0.5) is 0 Å². The average molecular weight is 188 g/mol. The lowest BCUT2D eigenvalue weighted by Crippen LogP contribution is -2.13. The third-order valence-electron chi connectivity index (χ3n) is 1.95. The molecule has 0 aliphatic heterocycles. The monoisotopic (exact) mass is 188 g/mol. The molecule has 13 heavy (non-hydrogen) atoms. The topological polar surface area (TPSA) is 46.5 Å². The predicted octanol–water partition coefficient (Wildman–Crippen LogP) is 1.88. The van der Waals surface area contributed by atoms with Gasteiger partial charge in [-0.05, 0) is 26.2 Å². The van der Waals surface area contributed by atoms with Gasteiger partial charge in [-0.25, -0.2) is 0 Å². The van der Waals surface area contributed by atoms with Crippen molar-refractivity contribution in [3.63, 3.8) is 0 Å². The van der Waals surface area contributed by atoms with Gasteiger partial charge in [0.15, 0.2) is 0 Å². The van der Waals surface area contributed by atoms with E-state index in [1.807, 2.05) is 13.8 Å². The van der Waals surface area contributed by atoms with Crippen LogP contribution >= 0.6 is 0 Å². The number of carbonyl (C=O) groups excluding carboxylic acids is 1. The fraction of sp³-hybridized carbons (Fsp3) is 0.900. The van der Waals surface area contributed by atoms with E-state index in [-0.39, 0.29) is 18.7 Å². The summed E-state index contributed by atoms with van der Waals surface area (Å²) < 4.78 is 5.08. The van der Waals surface area contributed by atoms with E-state index in [0.717, 1.165) is 25.7 Å². The molecule has 0 rings (SSSR count). The van der Waals surface area contributed by atoms with Crippen LogP contribution in [-0.4, -0.2) is 23.8 Å². The van der Waals surface area contributed by atoms with Crippen LogP contribution < -0.4 is 0 Å².